The molecule has 3 heterocycles. The van der Waals surface area contributed by atoms with Crippen LogP contribution in [-0.2, 0) is 0 Å². The lowest BCUT2D eigenvalue weighted by atomic mass is 9.93. The molecule has 148 valence electrons. The van der Waals surface area contributed by atoms with Gasteiger partial charge in [0.2, 0.25) is 0 Å². The molecule has 7 nitrogen and oxygen atoms in total. The molecule has 1 spiro atoms. The van der Waals surface area contributed by atoms with Crippen molar-refractivity contribution >= 4 is 34.3 Å². The average Bonchev–Trinajstić information content (AvgIpc) is 3.19. The van der Waals surface area contributed by atoms with Crippen molar-refractivity contribution in [2.24, 2.45) is 0 Å². The fourth-order valence-electron chi connectivity index (χ4n) is 4.14. The molecule has 5 rings (SSSR count). The van der Waals surface area contributed by atoms with Crippen molar-refractivity contribution in [3.8, 4) is 5.75 Å². The van der Waals surface area contributed by atoms with Gasteiger partial charge in [0.15, 0.2) is 5.72 Å². The summed E-state index contributed by atoms with van der Waals surface area (Å²) in [5.74, 6) is -0.241. The highest BCUT2D eigenvalue weighted by Crippen LogP contribution is 2.40. The largest absolute Gasteiger partial charge is 0.466 e. The molecule has 0 aliphatic carbocycles. The number of benzene rings is 2. The first-order valence-electron chi connectivity index (χ1n) is 9.50. The zero-order valence-corrected chi connectivity index (χ0v) is 16.5. The van der Waals surface area contributed by atoms with Crippen LogP contribution in [0.15, 0.2) is 36.5 Å². The Morgan fingerprint density at radius 3 is 2.83 bits per heavy atom. The Hall–Kier alpha value is -2.90. The fourth-order valence-corrected chi connectivity index (χ4v) is 4.41. The summed E-state index contributed by atoms with van der Waals surface area (Å²) in [6.07, 6.45) is 2.63. The van der Waals surface area contributed by atoms with Gasteiger partial charge in [0.25, 0.3) is 11.8 Å². The summed E-state index contributed by atoms with van der Waals surface area (Å²) in [7, 11) is 0. The van der Waals surface area contributed by atoms with Crippen LogP contribution in [-0.4, -0.2) is 45.7 Å². The van der Waals surface area contributed by atoms with E-state index in [1.165, 1.54) is 4.90 Å². The second kappa shape index (κ2) is 6.57. The van der Waals surface area contributed by atoms with E-state index < -0.39 is 11.6 Å². The summed E-state index contributed by atoms with van der Waals surface area (Å²) >= 11 is 6.33. The number of hydrogen-bond donors (Lipinski definition) is 2. The van der Waals surface area contributed by atoms with E-state index in [0.29, 0.717) is 58.7 Å². The maximum Gasteiger partial charge on any atom is 0.267 e. The first kappa shape index (κ1) is 18.1. The third-order valence-corrected chi connectivity index (χ3v) is 5.91. The van der Waals surface area contributed by atoms with Crippen molar-refractivity contribution in [3.05, 3.63) is 58.2 Å². The summed E-state index contributed by atoms with van der Waals surface area (Å²) in [6.45, 7) is 3.21. The van der Waals surface area contributed by atoms with Crippen molar-refractivity contribution in [2.45, 2.75) is 25.5 Å². The predicted molar refractivity (Wildman–Crippen MR) is 108 cm³/mol. The number of aryl methyl sites for hydroxylation is 1. The molecule has 8 heteroatoms. The number of hydrogen-bond acceptors (Lipinski definition) is 5. The molecule has 2 aliphatic heterocycles. The van der Waals surface area contributed by atoms with E-state index in [1.54, 1.807) is 24.4 Å². The van der Waals surface area contributed by atoms with Crippen LogP contribution in [0.25, 0.3) is 10.9 Å². The van der Waals surface area contributed by atoms with E-state index in [0.717, 1.165) is 5.56 Å². The van der Waals surface area contributed by atoms with Gasteiger partial charge in [0.1, 0.15) is 5.75 Å². The van der Waals surface area contributed by atoms with Crippen molar-refractivity contribution in [1.29, 1.82) is 0 Å². The number of amides is 2. The van der Waals surface area contributed by atoms with Crippen molar-refractivity contribution in [2.75, 3.05) is 13.1 Å². The number of carbonyl (C=O) groups is 2. The maximum atomic E-state index is 13.6. The van der Waals surface area contributed by atoms with E-state index in [9.17, 15) is 9.59 Å². The molecule has 2 aliphatic rings. The highest BCUT2D eigenvalue weighted by Gasteiger charge is 2.51. The number of nitrogens with zero attached hydrogens (tertiary/aromatic N) is 2. The minimum Gasteiger partial charge on any atom is -0.466 e. The lowest BCUT2D eigenvalue weighted by molar-refractivity contribution is -0.0776. The zero-order chi connectivity index (χ0) is 20.2. The van der Waals surface area contributed by atoms with Gasteiger partial charge in [-0.25, -0.2) is 4.90 Å². The summed E-state index contributed by atoms with van der Waals surface area (Å²) in [4.78, 5) is 28.4. The molecule has 0 radical (unpaired) electrons. The number of ether oxygens (including phenoxy) is 1. The van der Waals surface area contributed by atoms with E-state index in [1.807, 2.05) is 19.1 Å². The topological polar surface area (TPSA) is 87.3 Å². The van der Waals surface area contributed by atoms with E-state index >= 15 is 0 Å². The van der Waals surface area contributed by atoms with Crippen molar-refractivity contribution < 1.29 is 14.3 Å². The number of halogens is 1. The number of piperidine rings is 1. The average molecular weight is 411 g/mol. The number of H-pyrrole nitrogens is 1. The van der Waals surface area contributed by atoms with Gasteiger partial charge < -0.3 is 10.1 Å². The lowest BCUT2D eigenvalue weighted by Gasteiger charge is -2.47. The number of carbonyl (C=O) groups excluding carboxylic acids is 2. The normalized spacial score (nSPS) is 18.0. The molecular formula is C21H19ClN4O3. The van der Waals surface area contributed by atoms with E-state index in [4.69, 9.17) is 16.3 Å². The Labute approximate surface area is 172 Å². The summed E-state index contributed by atoms with van der Waals surface area (Å²) < 4.78 is 6.34. The molecule has 0 bridgehead atoms. The number of aromatic nitrogens is 2. The summed E-state index contributed by atoms with van der Waals surface area (Å²) in [5.41, 5.74) is 1.30. The monoisotopic (exact) mass is 410 g/mol. The third-order valence-electron chi connectivity index (χ3n) is 5.61. The van der Waals surface area contributed by atoms with Crippen LogP contribution in [0, 0.1) is 6.92 Å². The van der Waals surface area contributed by atoms with Gasteiger partial charge in [0.05, 0.1) is 22.3 Å². The minimum atomic E-state index is -1.01. The number of fused-ring (bicyclic) bond motifs is 2. The molecule has 1 aromatic heterocycles. The van der Waals surface area contributed by atoms with Crippen molar-refractivity contribution in [1.82, 2.24) is 20.4 Å². The van der Waals surface area contributed by atoms with E-state index in [2.05, 4.69) is 15.5 Å². The molecule has 1 saturated heterocycles. The molecule has 2 amide bonds. The molecular weight excluding hydrogens is 392 g/mol. The highest BCUT2D eigenvalue weighted by molar-refractivity contribution is 6.35. The lowest BCUT2D eigenvalue weighted by Crippen LogP contribution is -2.64. The van der Waals surface area contributed by atoms with Crippen LogP contribution in [0.1, 0.15) is 39.1 Å². The molecule has 2 N–H and O–H groups in total. The first-order chi connectivity index (χ1) is 14.0. The van der Waals surface area contributed by atoms with E-state index in [-0.39, 0.29) is 5.91 Å². The second-order valence-corrected chi connectivity index (χ2v) is 7.94. The summed E-state index contributed by atoms with van der Waals surface area (Å²) in [6, 6.07) is 8.74. The Morgan fingerprint density at radius 2 is 2.03 bits per heavy atom. The van der Waals surface area contributed by atoms with Gasteiger partial charge >= 0.3 is 0 Å². The second-order valence-electron chi connectivity index (χ2n) is 7.54. The van der Waals surface area contributed by atoms with Crippen LogP contribution in [0.3, 0.4) is 0 Å². The Bertz CT molecular complexity index is 1150. The molecule has 0 unspecified atom stereocenters. The number of imide groups is 1. The fraction of sp³-hybridized carbons (Fsp3) is 0.286. The molecule has 3 aromatic rings. The van der Waals surface area contributed by atoms with Crippen LogP contribution < -0.4 is 10.1 Å². The maximum absolute atomic E-state index is 13.6. The van der Waals surface area contributed by atoms with Crippen LogP contribution in [0.2, 0.25) is 5.02 Å². The summed E-state index contributed by atoms with van der Waals surface area (Å²) in [5, 5.41) is 11.1. The number of rotatable bonds is 1. The third kappa shape index (κ3) is 2.81. The quantitative estimate of drug-likeness (QED) is 0.601. The van der Waals surface area contributed by atoms with Crippen LogP contribution in [0.5, 0.6) is 5.75 Å². The standard InChI is InChI=1S/C21H19ClN4O3/c1-12-2-3-17-15(8-12)20(28)26(21(29-17)4-6-23-7-5-21)19(27)13-9-14-11-24-25-18(14)16(22)10-13/h2-3,8-11,23H,4-7H2,1H3,(H,24,25). The predicted octanol–water partition coefficient (Wildman–Crippen LogP) is 3.28. The van der Waals surface area contributed by atoms with Gasteiger partial charge in [-0.2, -0.15) is 5.10 Å². The Balaban J connectivity index is 1.64. The van der Waals surface area contributed by atoms with Crippen LogP contribution >= 0.6 is 11.6 Å². The molecule has 0 saturated carbocycles. The van der Waals surface area contributed by atoms with Gasteiger partial charge in [-0.3, -0.25) is 14.7 Å². The zero-order valence-electron chi connectivity index (χ0n) is 15.8. The first-order valence-corrected chi connectivity index (χ1v) is 9.88. The molecule has 1 fully saturated rings. The Morgan fingerprint density at radius 1 is 1.24 bits per heavy atom. The van der Waals surface area contributed by atoms with Gasteiger partial charge in [-0.1, -0.05) is 23.2 Å². The van der Waals surface area contributed by atoms with Crippen molar-refractivity contribution in [3.63, 3.8) is 0 Å². The Kier molecular flexibility index (Phi) is 4.11. The molecule has 29 heavy (non-hydrogen) atoms. The molecule has 0 atom stereocenters. The van der Waals surface area contributed by atoms with Gasteiger partial charge in [-0.15, -0.1) is 0 Å². The minimum absolute atomic E-state index is 0.329. The van der Waals surface area contributed by atoms with Gasteiger partial charge in [-0.05, 0) is 31.2 Å². The van der Waals surface area contributed by atoms with Gasteiger partial charge in [0, 0.05) is 36.9 Å². The smallest absolute Gasteiger partial charge is 0.267 e. The van der Waals surface area contributed by atoms with Crippen LogP contribution in [0.4, 0.5) is 0 Å². The number of nitrogens with one attached hydrogen (secondary N) is 2. The SMILES string of the molecule is Cc1ccc2c(c1)C(=O)N(C(=O)c1cc(Cl)c3[nH]ncc3c1)C1(CCNCC1)O2. The highest BCUT2D eigenvalue weighted by atomic mass is 35.5. The number of aromatic amines is 1. The molecule has 2 aromatic carbocycles.